The van der Waals surface area contributed by atoms with Crippen LogP contribution < -0.4 is 19.7 Å². The van der Waals surface area contributed by atoms with Gasteiger partial charge in [-0.2, -0.15) is 18.1 Å². The number of carbonyl (C=O) groups is 4. The highest BCUT2D eigenvalue weighted by Gasteiger charge is 2.38. The Hall–Kier alpha value is -6.06. The van der Waals surface area contributed by atoms with Crippen LogP contribution in [-0.4, -0.2) is 64.3 Å². The van der Waals surface area contributed by atoms with Crippen molar-refractivity contribution in [2.75, 3.05) is 16.8 Å². The average Bonchev–Trinajstić information content (AvgIpc) is 3.10. The van der Waals surface area contributed by atoms with Crippen molar-refractivity contribution < 1.29 is 61.1 Å². The van der Waals surface area contributed by atoms with Gasteiger partial charge in [0.15, 0.2) is 23.4 Å². The number of amides is 2. The summed E-state index contributed by atoms with van der Waals surface area (Å²) in [6.07, 6.45) is -5.51. The summed E-state index contributed by atoms with van der Waals surface area (Å²) in [4.78, 5) is 54.9. The number of imide groups is 1. The van der Waals surface area contributed by atoms with Crippen molar-refractivity contribution in [1.29, 1.82) is 0 Å². The molecule has 1 aromatic heterocycles. The molecule has 1 atom stereocenters. The largest absolute Gasteiger partial charge is 0.490 e. The second-order valence-electron chi connectivity index (χ2n) is 15.0. The fourth-order valence-electron chi connectivity index (χ4n) is 5.16. The highest BCUT2D eigenvalue weighted by Crippen LogP contribution is 2.37. The van der Waals surface area contributed by atoms with Crippen molar-refractivity contribution in [1.82, 2.24) is 4.98 Å². The summed E-state index contributed by atoms with van der Waals surface area (Å²) in [7, 11) is 0. The second-order valence-corrected chi connectivity index (χ2v) is 15.0. The number of nitrogens with zero attached hydrogens (tertiary/aromatic N) is 2. The van der Waals surface area contributed by atoms with E-state index in [-0.39, 0.29) is 18.5 Å². The van der Waals surface area contributed by atoms with Crippen molar-refractivity contribution in [2.45, 2.75) is 105 Å². The smallest absolute Gasteiger partial charge is 0.490 e. The number of fused-ring (bicyclic) bond motifs is 1. The number of aromatic nitrogens is 1. The summed E-state index contributed by atoms with van der Waals surface area (Å²) in [5.41, 5.74) is 1.02. The molecule has 0 spiro atoms. The molecule has 0 fully saturated rings. The van der Waals surface area contributed by atoms with Gasteiger partial charge < -0.3 is 34.1 Å². The van der Waals surface area contributed by atoms with E-state index in [1.54, 1.807) is 77.9 Å². The summed E-state index contributed by atoms with van der Waals surface area (Å²) in [6, 6.07) is 19.1. The van der Waals surface area contributed by atoms with Gasteiger partial charge in [-0.25, -0.2) is 24.2 Å². The number of hydrogen-bond donors (Lipinski definition) is 2. The van der Waals surface area contributed by atoms with E-state index in [4.69, 9.17) is 33.6 Å². The van der Waals surface area contributed by atoms with Crippen molar-refractivity contribution in [3.8, 4) is 11.5 Å². The number of aliphatic carboxylic acids is 1. The number of rotatable bonds is 11. The number of hydrogen-bond acceptors (Lipinski definition) is 11. The lowest BCUT2D eigenvalue weighted by atomic mass is 10.0. The van der Waals surface area contributed by atoms with Crippen LogP contribution in [0.5, 0.6) is 11.5 Å². The maximum atomic E-state index is 13.9. The molecule has 1 unspecified atom stereocenters. The van der Waals surface area contributed by atoms with Crippen molar-refractivity contribution in [2.24, 2.45) is 0 Å². The molecule has 1 heterocycles. The van der Waals surface area contributed by atoms with Gasteiger partial charge >= 0.3 is 30.3 Å². The lowest BCUT2D eigenvalue weighted by Crippen LogP contribution is -2.44. The Morgan fingerprint density at radius 3 is 1.93 bits per heavy atom. The number of anilines is 2. The van der Waals surface area contributed by atoms with Crippen LogP contribution in [-0.2, 0) is 30.4 Å². The Labute approximate surface area is 335 Å². The SMILES string of the molecule is CCOc1cc(C(Nc2ccc3c(N(C(=O)OC(C)(C)C)C(=O)OC(C)(C)C)nccc3c2C)C(=O)OCc2ccccc2)ccc1OC(C)C.O=C(O)C(F)(F)F. The van der Waals surface area contributed by atoms with E-state index < -0.39 is 47.5 Å². The molecule has 2 N–H and O–H groups in total. The van der Waals surface area contributed by atoms with Gasteiger partial charge in [0.2, 0.25) is 0 Å². The zero-order chi connectivity index (χ0) is 43.6. The van der Waals surface area contributed by atoms with Gasteiger partial charge in [-0.15, -0.1) is 0 Å². The molecule has 16 heteroatoms. The molecule has 4 aromatic rings. The summed E-state index contributed by atoms with van der Waals surface area (Å²) in [5, 5.41) is 11.7. The van der Waals surface area contributed by atoms with Crippen molar-refractivity contribution >= 4 is 46.4 Å². The van der Waals surface area contributed by atoms with Crippen LogP contribution >= 0.6 is 0 Å². The lowest BCUT2D eigenvalue weighted by Gasteiger charge is -2.28. The van der Waals surface area contributed by atoms with E-state index in [0.717, 1.165) is 16.0 Å². The van der Waals surface area contributed by atoms with E-state index in [2.05, 4.69) is 10.3 Å². The van der Waals surface area contributed by atoms with E-state index in [1.807, 2.05) is 58.0 Å². The van der Waals surface area contributed by atoms with Gasteiger partial charge in [-0.05, 0) is 122 Å². The average molecular weight is 814 g/mol. The molecule has 13 nitrogen and oxygen atoms in total. The van der Waals surface area contributed by atoms with Crippen LogP contribution in [0.2, 0.25) is 0 Å². The maximum absolute atomic E-state index is 13.9. The van der Waals surface area contributed by atoms with Crippen LogP contribution in [0.15, 0.2) is 72.9 Å². The van der Waals surface area contributed by atoms with E-state index in [9.17, 15) is 27.6 Å². The molecule has 0 saturated heterocycles. The third-order valence-corrected chi connectivity index (χ3v) is 7.52. The third-order valence-electron chi connectivity index (χ3n) is 7.52. The number of halogens is 3. The molecule has 0 aliphatic rings. The number of ether oxygens (including phenoxy) is 5. The number of carboxylic acid groups (broad SMARTS) is 1. The van der Waals surface area contributed by atoms with Crippen molar-refractivity contribution in [3.63, 3.8) is 0 Å². The molecule has 58 heavy (non-hydrogen) atoms. The topological polar surface area (TPSA) is 163 Å². The van der Waals surface area contributed by atoms with Gasteiger partial charge in [0.1, 0.15) is 17.8 Å². The first kappa shape index (κ1) is 46.3. The number of carbonyl (C=O) groups excluding carboxylic acids is 3. The Kier molecular flexibility index (Phi) is 15.5. The number of carboxylic acids is 1. The minimum absolute atomic E-state index is 0.0477. The predicted octanol–water partition coefficient (Wildman–Crippen LogP) is 9.94. The first-order valence-electron chi connectivity index (χ1n) is 18.3. The lowest BCUT2D eigenvalue weighted by molar-refractivity contribution is -0.192. The zero-order valence-electron chi connectivity index (χ0n) is 34.1. The minimum atomic E-state index is -5.08. The molecular formula is C42H50F3N3O10. The summed E-state index contributed by atoms with van der Waals surface area (Å²) in [6.45, 7) is 18.3. The van der Waals surface area contributed by atoms with E-state index >= 15 is 0 Å². The van der Waals surface area contributed by atoms with Crippen molar-refractivity contribution in [3.05, 3.63) is 89.6 Å². The van der Waals surface area contributed by atoms with Gasteiger partial charge in [-0.1, -0.05) is 36.4 Å². The Morgan fingerprint density at radius 1 is 0.828 bits per heavy atom. The molecule has 0 aliphatic carbocycles. The van der Waals surface area contributed by atoms with Gasteiger partial charge in [0, 0.05) is 17.3 Å². The summed E-state index contributed by atoms with van der Waals surface area (Å²) < 4.78 is 60.6. The Balaban J connectivity index is 0.00000117. The van der Waals surface area contributed by atoms with Crippen LogP contribution in [0, 0.1) is 6.92 Å². The number of aryl methyl sites for hydroxylation is 1. The molecule has 2 amide bonds. The van der Waals surface area contributed by atoms with Crippen LogP contribution in [0.25, 0.3) is 10.8 Å². The summed E-state index contributed by atoms with van der Waals surface area (Å²) >= 11 is 0. The molecule has 3 aromatic carbocycles. The number of esters is 1. The minimum Gasteiger partial charge on any atom is -0.490 e. The summed E-state index contributed by atoms with van der Waals surface area (Å²) in [5.74, 6) is -2.15. The van der Waals surface area contributed by atoms with E-state index in [1.165, 1.54) is 6.20 Å². The number of pyridine rings is 1. The fourth-order valence-corrected chi connectivity index (χ4v) is 5.16. The molecule has 4 rings (SSSR count). The predicted molar refractivity (Wildman–Crippen MR) is 211 cm³/mol. The molecular weight excluding hydrogens is 763 g/mol. The van der Waals surface area contributed by atoms with E-state index in [0.29, 0.717) is 40.1 Å². The molecule has 0 bridgehead atoms. The number of alkyl halides is 3. The maximum Gasteiger partial charge on any atom is 0.490 e. The normalized spacial score (nSPS) is 12.1. The van der Waals surface area contributed by atoms with Crippen LogP contribution in [0.4, 0.5) is 34.3 Å². The molecule has 0 radical (unpaired) electrons. The van der Waals surface area contributed by atoms with Crippen LogP contribution in [0.3, 0.4) is 0 Å². The second kappa shape index (κ2) is 19.4. The molecule has 0 aliphatic heterocycles. The molecule has 314 valence electrons. The highest BCUT2D eigenvalue weighted by molar-refractivity contribution is 6.14. The Morgan fingerprint density at radius 2 is 1.41 bits per heavy atom. The van der Waals surface area contributed by atoms with Gasteiger partial charge in [-0.3, -0.25) is 0 Å². The third kappa shape index (κ3) is 13.6. The fraction of sp³-hybridized carbons (Fsp3) is 0.405. The first-order valence-corrected chi connectivity index (χ1v) is 18.3. The molecule has 0 saturated carbocycles. The van der Waals surface area contributed by atoms with Gasteiger partial charge in [0.25, 0.3) is 0 Å². The quantitative estimate of drug-likeness (QED) is 0.109. The van der Waals surface area contributed by atoms with Gasteiger partial charge in [0.05, 0.1) is 12.7 Å². The van der Waals surface area contributed by atoms with Crippen LogP contribution in [0.1, 0.15) is 85.0 Å². The number of benzene rings is 3. The number of nitrogens with one attached hydrogen (secondary N) is 1. The first-order chi connectivity index (χ1) is 26.9. The standard InChI is InChI=1S/C40H49N3O8.C2HF3O2/c1-11-47-33-23-28(17-20-32(33)49-25(2)3)34(36(44)48-24-27-15-13-12-14-16-27)42-31-19-18-30-29(26(31)4)21-22-41-35(30)43(37(45)50-39(5,6)7)38(46)51-40(8,9)10;3-2(4,5)1(6)7/h12-23,25,34,42H,11,24H2,1-10H3;(H,6,7). The Bertz CT molecular complexity index is 2030. The highest BCUT2D eigenvalue weighted by atomic mass is 19.4. The monoisotopic (exact) mass is 813 g/mol. The zero-order valence-corrected chi connectivity index (χ0v) is 34.1.